The fourth-order valence-corrected chi connectivity index (χ4v) is 2.56. The summed E-state index contributed by atoms with van der Waals surface area (Å²) >= 11 is 0. The Kier molecular flexibility index (Phi) is 2.38. The smallest absolute Gasteiger partial charge is 0.0615 e. The van der Waals surface area contributed by atoms with Crippen molar-refractivity contribution in [3.05, 3.63) is 12.3 Å². The van der Waals surface area contributed by atoms with Crippen LogP contribution in [0.15, 0.2) is 17.4 Å². The zero-order valence-electron chi connectivity index (χ0n) is 10.2. The van der Waals surface area contributed by atoms with E-state index in [1.165, 1.54) is 5.71 Å². The van der Waals surface area contributed by atoms with Crippen molar-refractivity contribution in [1.82, 2.24) is 9.91 Å². The number of fused-ring (bicyclic) bond motifs is 1. The van der Waals surface area contributed by atoms with E-state index in [1.54, 1.807) is 0 Å². The zero-order chi connectivity index (χ0) is 11.2. The minimum Gasteiger partial charge on any atom is -0.299 e. The maximum absolute atomic E-state index is 4.58. The van der Waals surface area contributed by atoms with E-state index in [9.17, 15) is 0 Å². The first-order valence-electron chi connectivity index (χ1n) is 5.70. The van der Waals surface area contributed by atoms with Gasteiger partial charge >= 0.3 is 0 Å². The van der Waals surface area contributed by atoms with Crippen LogP contribution < -0.4 is 0 Å². The minimum atomic E-state index is 0.0806. The van der Waals surface area contributed by atoms with Gasteiger partial charge in [0.1, 0.15) is 0 Å². The van der Waals surface area contributed by atoms with E-state index in [2.05, 4.69) is 37.4 Å². The third kappa shape index (κ3) is 1.49. The molecule has 0 radical (unpaired) electrons. The average Bonchev–Trinajstić information content (AvgIpc) is 2.40. The van der Waals surface area contributed by atoms with Crippen molar-refractivity contribution in [2.75, 3.05) is 20.1 Å². The molecule has 0 aromatic rings. The molecule has 0 amide bonds. The fourth-order valence-electron chi connectivity index (χ4n) is 2.56. The van der Waals surface area contributed by atoms with Gasteiger partial charge < -0.3 is 0 Å². The summed E-state index contributed by atoms with van der Waals surface area (Å²) in [6.07, 6.45) is 1.08. The topological polar surface area (TPSA) is 18.8 Å². The van der Waals surface area contributed by atoms with Gasteiger partial charge in [-0.25, -0.2) is 0 Å². The molecule has 3 nitrogen and oxygen atoms in total. The highest BCUT2D eigenvalue weighted by Gasteiger charge is 2.45. The maximum Gasteiger partial charge on any atom is 0.0615 e. The van der Waals surface area contributed by atoms with Gasteiger partial charge in [-0.05, 0) is 20.8 Å². The Morgan fingerprint density at radius 1 is 1.47 bits per heavy atom. The Labute approximate surface area is 92.4 Å². The molecule has 3 heteroatoms. The second-order valence-electron chi connectivity index (χ2n) is 5.16. The van der Waals surface area contributed by atoms with Crippen molar-refractivity contribution < 1.29 is 0 Å². The molecule has 2 heterocycles. The number of hydrogen-bond acceptors (Lipinski definition) is 3. The van der Waals surface area contributed by atoms with Gasteiger partial charge in [0, 0.05) is 38.3 Å². The van der Waals surface area contributed by atoms with Crippen molar-refractivity contribution in [1.29, 1.82) is 0 Å². The fraction of sp³-hybridized carbons (Fsp3) is 0.750. The van der Waals surface area contributed by atoms with Crippen molar-refractivity contribution in [2.45, 2.75) is 33.2 Å². The Morgan fingerprint density at radius 3 is 2.73 bits per heavy atom. The molecule has 1 atom stereocenters. The van der Waals surface area contributed by atoms with Crippen molar-refractivity contribution in [3.8, 4) is 0 Å². The summed E-state index contributed by atoms with van der Waals surface area (Å²) in [5.74, 6) is 0. The van der Waals surface area contributed by atoms with Gasteiger partial charge in [0.05, 0.1) is 11.1 Å². The molecule has 1 unspecified atom stereocenters. The summed E-state index contributed by atoms with van der Waals surface area (Å²) < 4.78 is 0. The lowest BCUT2D eigenvalue weighted by molar-refractivity contribution is 0.165. The standard InChI is InChI=1S/C12H21N3/c1-9(2)15-7-6-11-12(4,8-15)10(3)14(5)13-11/h9H,3,6-8H2,1-2,4-5H3. The van der Waals surface area contributed by atoms with Gasteiger partial charge in [0.25, 0.3) is 0 Å². The van der Waals surface area contributed by atoms with Crippen LogP contribution in [0.5, 0.6) is 0 Å². The number of nitrogens with zero attached hydrogens (tertiary/aromatic N) is 3. The van der Waals surface area contributed by atoms with Gasteiger partial charge in [0.15, 0.2) is 0 Å². The van der Waals surface area contributed by atoms with Crippen LogP contribution in [0.3, 0.4) is 0 Å². The molecule has 15 heavy (non-hydrogen) atoms. The van der Waals surface area contributed by atoms with Crippen LogP contribution in [0.25, 0.3) is 0 Å². The SMILES string of the molecule is C=C1N(C)N=C2CCN(C(C)C)CC12C. The third-order valence-electron chi connectivity index (χ3n) is 3.82. The van der Waals surface area contributed by atoms with Gasteiger partial charge in [-0.3, -0.25) is 9.91 Å². The Hall–Kier alpha value is -0.830. The molecule has 84 valence electrons. The van der Waals surface area contributed by atoms with Crippen molar-refractivity contribution >= 4 is 5.71 Å². The van der Waals surface area contributed by atoms with Gasteiger partial charge in [-0.2, -0.15) is 5.10 Å². The van der Waals surface area contributed by atoms with E-state index in [-0.39, 0.29) is 5.41 Å². The van der Waals surface area contributed by atoms with Gasteiger partial charge in [-0.15, -0.1) is 0 Å². The second-order valence-corrected chi connectivity index (χ2v) is 5.16. The molecule has 2 aliphatic rings. The summed E-state index contributed by atoms with van der Waals surface area (Å²) in [5.41, 5.74) is 2.53. The van der Waals surface area contributed by atoms with E-state index in [0.717, 1.165) is 25.2 Å². The number of rotatable bonds is 1. The van der Waals surface area contributed by atoms with E-state index in [0.29, 0.717) is 6.04 Å². The van der Waals surface area contributed by atoms with Crippen LogP contribution in [0.1, 0.15) is 27.2 Å². The lowest BCUT2D eigenvalue weighted by Crippen LogP contribution is -2.49. The average molecular weight is 207 g/mol. The number of hydrogen-bond donors (Lipinski definition) is 0. The third-order valence-corrected chi connectivity index (χ3v) is 3.82. The monoisotopic (exact) mass is 207 g/mol. The highest BCUT2D eigenvalue weighted by molar-refractivity contribution is 5.95. The zero-order valence-corrected chi connectivity index (χ0v) is 10.2. The van der Waals surface area contributed by atoms with E-state index in [1.807, 2.05) is 12.1 Å². The molecule has 0 spiro atoms. The summed E-state index contributed by atoms with van der Waals surface area (Å²) in [6.45, 7) is 13.1. The Balaban J connectivity index is 2.24. The quantitative estimate of drug-likeness (QED) is 0.654. The van der Waals surface area contributed by atoms with Crippen LogP contribution >= 0.6 is 0 Å². The molecule has 1 fully saturated rings. The van der Waals surface area contributed by atoms with Gasteiger partial charge in [0.2, 0.25) is 0 Å². The Morgan fingerprint density at radius 2 is 2.13 bits per heavy atom. The van der Waals surface area contributed by atoms with Gasteiger partial charge in [-0.1, -0.05) is 6.58 Å². The first kappa shape index (κ1) is 10.7. The molecule has 0 saturated carbocycles. The highest BCUT2D eigenvalue weighted by atomic mass is 15.5. The molecule has 0 aliphatic carbocycles. The normalized spacial score (nSPS) is 32.2. The van der Waals surface area contributed by atoms with E-state index < -0.39 is 0 Å². The lowest BCUT2D eigenvalue weighted by atomic mass is 9.78. The summed E-state index contributed by atoms with van der Waals surface area (Å²) in [4.78, 5) is 2.52. The summed E-state index contributed by atoms with van der Waals surface area (Å²) in [6, 6.07) is 0.613. The van der Waals surface area contributed by atoms with Crippen LogP contribution in [-0.4, -0.2) is 41.8 Å². The molecule has 0 aromatic carbocycles. The molecule has 0 aromatic heterocycles. The predicted molar refractivity (Wildman–Crippen MR) is 63.8 cm³/mol. The molecule has 2 rings (SSSR count). The van der Waals surface area contributed by atoms with Crippen LogP contribution in [0, 0.1) is 5.41 Å². The Bertz CT molecular complexity index is 319. The van der Waals surface area contributed by atoms with Crippen LogP contribution in [0.4, 0.5) is 0 Å². The number of likely N-dealkylation sites (tertiary alicyclic amines) is 1. The predicted octanol–water partition coefficient (Wildman–Crippen LogP) is 1.92. The first-order valence-corrected chi connectivity index (χ1v) is 5.70. The van der Waals surface area contributed by atoms with Crippen molar-refractivity contribution in [3.63, 3.8) is 0 Å². The summed E-state index contributed by atoms with van der Waals surface area (Å²) in [5, 5.41) is 6.52. The largest absolute Gasteiger partial charge is 0.299 e. The van der Waals surface area contributed by atoms with E-state index >= 15 is 0 Å². The minimum absolute atomic E-state index is 0.0806. The molecular weight excluding hydrogens is 186 g/mol. The van der Waals surface area contributed by atoms with Crippen molar-refractivity contribution in [2.24, 2.45) is 10.5 Å². The molecule has 0 bridgehead atoms. The first-order chi connectivity index (χ1) is 6.95. The van der Waals surface area contributed by atoms with Crippen LogP contribution in [-0.2, 0) is 0 Å². The second kappa shape index (κ2) is 3.34. The molecular formula is C12H21N3. The maximum atomic E-state index is 4.58. The molecule has 0 N–H and O–H groups in total. The molecule has 2 aliphatic heterocycles. The number of piperidine rings is 1. The highest BCUT2D eigenvalue weighted by Crippen LogP contribution is 2.40. The lowest BCUT2D eigenvalue weighted by Gasteiger charge is -2.40. The van der Waals surface area contributed by atoms with E-state index in [4.69, 9.17) is 0 Å². The molecule has 1 saturated heterocycles. The van der Waals surface area contributed by atoms with Crippen LogP contribution in [0.2, 0.25) is 0 Å². The number of hydrazone groups is 1. The summed E-state index contributed by atoms with van der Waals surface area (Å²) in [7, 11) is 2.00.